The molecule has 0 saturated carbocycles. The molecule has 3 nitrogen and oxygen atoms in total. The zero-order valence-corrected chi connectivity index (χ0v) is 8.40. The summed E-state index contributed by atoms with van der Waals surface area (Å²) in [7, 11) is 0. The molecule has 0 saturated heterocycles. The van der Waals surface area contributed by atoms with Crippen molar-refractivity contribution in [3.8, 4) is 0 Å². The molecule has 0 aliphatic rings. The van der Waals surface area contributed by atoms with E-state index in [1.165, 1.54) is 0 Å². The number of nitrogens with zero attached hydrogens (tertiary/aromatic N) is 2. The molecule has 66 valence electrons. The van der Waals surface area contributed by atoms with Gasteiger partial charge < -0.3 is 10.3 Å². The monoisotopic (exact) mass is 183 g/mol. The second-order valence-corrected chi connectivity index (χ2v) is 3.15. The van der Waals surface area contributed by atoms with Gasteiger partial charge in [0.2, 0.25) is 0 Å². The lowest BCUT2D eigenvalue weighted by atomic mass is 10.4. The van der Waals surface area contributed by atoms with E-state index < -0.39 is 0 Å². The van der Waals surface area contributed by atoms with Crippen LogP contribution in [-0.4, -0.2) is 14.5 Å². The largest absolute Gasteiger partial charge is 0.387 e. The average Bonchev–Trinajstić information content (AvgIpc) is 2.29. The van der Waals surface area contributed by atoms with E-state index in [-0.39, 0.29) is 0 Å². The fourth-order valence-electron chi connectivity index (χ4n) is 1.23. The third-order valence-corrected chi connectivity index (χ3v) is 2.18. The lowest BCUT2D eigenvalue weighted by Gasteiger charge is -2.04. The number of aromatic nitrogens is 2. The molecule has 1 aromatic rings. The van der Waals surface area contributed by atoms with E-state index in [0.29, 0.717) is 4.99 Å². The van der Waals surface area contributed by atoms with Crippen molar-refractivity contribution in [2.75, 3.05) is 0 Å². The summed E-state index contributed by atoms with van der Waals surface area (Å²) in [6.07, 6.45) is 0. The van der Waals surface area contributed by atoms with Crippen LogP contribution in [0.4, 0.5) is 0 Å². The summed E-state index contributed by atoms with van der Waals surface area (Å²) in [4.78, 5) is 4.65. The number of hydrogen-bond acceptors (Lipinski definition) is 2. The van der Waals surface area contributed by atoms with Crippen molar-refractivity contribution in [2.45, 2.75) is 27.3 Å². The molecule has 0 atom stereocenters. The average molecular weight is 183 g/mol. The van der Waals surface area contributed by atoms with Crippen molar-refractivity contribution < 1.29 is 0 Å². The zero-order chi connectivity index (χ0) is 9.30. The molecule has 0 aliphatic heterocycles. The fraction of sp³-hybridized carbons (Fsp3) is 0.500. The highest BCUT2D eigenvalue weighted by molar-refractivity contribution is 7.80. The molecule has 4 heteroatoms. The molecular formula is C8H13N3S. The van der Waals surface area contributed by atoms with Crippen LogP contribution in [0.15, 0.2) is 0 Å². The van der Waals surface area contributed by atoms with Crippen molar-refractivity contribution in [3.63, 3.8) is 0 Å². The van der Waals surface area contributed by atoms with Crippen LogP contribution in [0.3, 0.4) is 0 Å². The number of aryl methyl sites for hydroxylation is 1. The van der Waals surface area contributed by atoms with E-state index in [0.717, 1.165) is 23.8 Å². The van der Waals surface area contributed by atoms with Gasteiger partial charge in [0.05, 0.1) is 5.69 Å². The van der Waals surface area contributed by atoms with Gasteiger partial charge in [-0.05, 0) is 20.8 Å². The Hall–Kier alpha value is -0.900. The molecule has 0 aliphatic carbocycles. The van der Waals surface area contributed by atoms with E-state index in [9.17, 15) is 0 Å². The molecule has 0 radical (unpaired) electrons. The van der Waals surface area contributed by atoms with Gasteiger partial charge in [0.25, 0.3) is 0 Å². The van der Waals surface area contributed by atoms with Crippen LogP contribution in [0.1, 0.15) is 24.1 Å². The number of imidazole rings is 1. The molecule has 0 spiro atoms. The van der Waals surface area contributed by atoms with Gasteiger partial charge in [-0.1, -0.05) is 12.2 Å². The van der Waals surface area contributed by atoms with Crippen LogP contribution in [0.2, 0.25) is 0 Å². The summed E-state index contributed by atoms with van der Waals surface area (Å²) >= 11 is 4.88. The van der Waals surface area contributed by atoms with E-state index in [2.05, 4.69) is 11.9 Å². The second kappa shape index (κ2) is 3.23. The van der Waals surface area contributed by atoms with Gasteiger partial charge in [0.15, 0.2) is 5.82 Å². The Morgan fingerprint density at radius 3 is 2.50 bits per heavy atom. The second-order valence-electron chi connectivity index (χ2n) is 2.71. The first-order valence-electron chi connectivity index (χ1n) is 3.91. The molecule has 0 amide bonds. The fourth-order valence-corrected chi connectivity index (χ4v) is 1.39. The molecule has 2 N–H and O–H groups in total. The minimum absolute atomic E-state index is 0.369. The number of thiocarbonyl (C=S) groups is 1. The van der Waals surface area contributed by atoms with Crippen molar-refractivity contribution in [1.82, 2.24) is 9.55 Å². The highest BCUT2D eigenvalue weighted by Crippen LogP contribution is 2.09. The first kappa shape index (κ1) is 9.19. The maximum Gasteiger partial charge on any atom is 0.167 e. The van der Waals surface area contributed by atoms with Crippen molar-refractivity contribution >= 4 is 17.2 Å². The predicted molar refractivity (Wildman–Crippen MR) is 53.3 cm³/mol. The number of rotatable bonds is 2. The van der Waals surface area contributed by atoms with Crippen LogP contribution in [-0.2, 0) is 6.54 Å². The highest BCUT2D eigenvalue weighted by Gasteiger charge is 2.10. The smallest absolute Gasteiger partial charge is 0.167 e. The molecule has 1 aromatic heterocycles. The molecule has 0 fully saturated rings. The van der Waals surface area contributed by atoms with Crippen LogP contribution in [0.5, 0.6) is 0 Å². The summed E-state index contributed by atoms with van der Waals surface area (Å²) in [6, 6.07) is 0. The van der Waals surface area contributed by atoms with Crippen molar-refractivity contribution in [1.29, 1.82) is 0 Å². The maximum absolute atomic E-state index is 5.52. The molecule has 1 heterocycles. The van der Waals surface area contributed by atoms with Gasteiger partial charge in [0.1, 0.15) is 4.99 Å². The summed E-state index contributed by atoms with van der Waals surface area (Å²) in [6.45, 7) is 6.89. The molecular weight excluding hydrogens is 170 g/mol. The van der Waals surface area contributed by atoms with Crippen LogP contribution >= 0.6 is 12.2 Å². The minimum atomic E-state index is 0.369. The Kier molecular flexibility index (Phi) is 2.47. The van der Waals surface area contributed by atoms with Crippen molar-refractivity contribution in [2.24, 2.45) is 5.73 Å². The summed E-state index contributed by atoms with van der Waals surface area (Å²) in [5, 5.41) is 0. The normalized spacial score (nSPS) is 10.2. The molecule has 0 aromatic carbocycles. The molecule has 1 rings (SSSR count). The van der Waals surface area contributed by atoms with Gasteiger partial charge in [-0.15, -0.1) is 0 Å². The minimum Gasteiger partial charge on any atom is -0.387 e. The van der Waals surface area contributed by atoms with E-state index >= 15 is 0 Å². The third-order valence-electron chi connectivity index (χ3n) is 1.99. The Morgan fingerprint density at radius 1 is 1.58 bits per heavy atom. The zero-order valence-electron chi connectivity index (χ0n) is 7.59. The van der Waals surface area contributed by atoms with Crippen LogP contribution in [0, 0.1) is 13.8 Å². The Morgan fingerprint density at radius 2 is 2.17 bits per heavy atom. The lowest BCUT2D eigenvalue weighted by Crippen LogP contribution is -2.17. The number of hydrogen-bond donors (Lipinski definition) is 1. The Labute approximate surface area is 77.6 Å². The molecule has 12 heavy (non-hydrogen) atoms. The van der Waals surface area contributed by atoms with Gasteiger partial charge in [0, 0.05) is 12.2 Å². The Balaban J connectivity index is 3.29. The standard InChI is InChI=1S/C8H13N3S/c1-4-11-6(3)5(2)10-8(11)7(9)12/h4H2,1-3H3,(H2,9,12). The maximum atomic E-state index is 5.52. The molecule has 0 bridgehead atoms. The quantitative estimate of drug-likeness (QED) is 0.700. The van der Waals surface area contributed by atoms with Gasteiger partial charge >= 0.3 is 0 Å². The first-order valence-corrected chi connectivity index (χ1v) is 4.32. The predicted octanol–water partition coefficient (Wildman–Crippen LogP) is 1.15. The van der Waals surface area contributed by atoms with E-state index in [1.807, 2.05) is 18.4 Å². The Bertz CT molecular complexity index is 314. The van der Waals surface area contributed by atoms with Crippen LogP contribution < -0.4 is 5.73 Å². The van der Waals surface area contributed by atoms with E-state index in [4.69, 9.17) is 18.0 Å². The first-order chi connectivity index (χ1) is 5.57. The van der Waals surface area contributed by atoms with Crippen LogP contribution in [0.25, 0.3) is 0 Å². The van der Waals surface area contributed by atoms with Gasteiger partial charge in [-0.2, -0.15) is 0 Å². The van der Waals surface area contributed by atoms with E-state index in [1.54, 1.807) is 0 Å². The SMILES string of the molecule is CCn1c(C(N)=S)nc(C)c1C. The molecule has 0 unspecified atom stereocenters. The lowest BCUT2D eigenvalue weighted by molar-refractivity contribution is 0.729. The van der Waals surface area contributed by atoms with Gasteiger partial charge in [-0.25, -0.2) is 4.98 Å². The summed E-state index contributed by atoms with van der Waals surface area (Å²) < 4.78 is 2.03. The summed E-state index contributed by atoms with van der Waals surface area (Å²) in [5.41, 5.74) is 7.66. The summed E-state index contributed by atoms with van der Waals surface area (Å²) in [5.74, 6) is 0.725. The number of nitrogens with two attached hydrogens (primary N) is 1. The van der Waals surface area contributed by atoms with Gasteiger partial charge in [-0.3, -0.25) is 0 Å². The topological polar surface area (TPSA) is 43.8 Å². The third kappa shape index (κ3) is 1.34. The van der Waals surface area contributed by atoms with Crippen molar-refractivity contribution in [3.05, 3.63) is 17.2 Å². The highest BCUT2D eigenvalue weighted by atomic mass is 32.1.